The summed E-state index contributed by atoms with van der Waals surface area (Å²) in [5.74, 6) is 4.09. The summed E-state index contributed by atoms with van der Waals surface area (Å²) < 4.78 is 1.94. The van der Waals surface area contributed by atoms with Gasteiger partial charge in [0.2, 0.25) is 0 Å². The molecule has 3 fully saturated rings. The molecule has 0 amide bonds. The predicted molar refractivity (Wildman–Crippen MR) is 77.9 cm³/mol. The summed E-state index contributed by atoms with van der Waals surface area (Å²) in [5.41, 5.74) is 1.90. The summed E-state index contributed by atoms with van der Waals surface area (Å²) in [5, 5.41) is 9.24. The first-order chi connectivity index (χ1) is 10.2. The lowest BCUT2D eigenvalue weighted by Gasteiger charge is -2.10. The summed E-state index contributed by atoms with van der Waals surface area (Å²) in [6, 6.07) is 7.91. The average Bonchev–Trinajstić information content (AvgIpc) is 2.81. The molecule has 4 atom stereocenters. The van der Waals surface area contributed by atoms with Crippen molar-refractivity contribution in [3.63, 3.8) is 0 Å². The van der Waals surface area contributed by atoms with E-state index < -0.39 is 5.97 Å². The number of carboxylic acid groups (broad SMARTS) is 1. The molecule has 1 N–H and O–H groups in total. The van der Waals surface area contributed by atoms with Crippen LogP contribution in [-0.4, -0.2) is 20.6 Å². The first kappa shape index (κ1) is 11.8. The fourth-order valence-corrected chi connectivity index (χ4v) is 5.32. The van der Waals surface area contributed by atoms with Gasteiger partial charge in [0.25, 0.3) is 0 Å². The highest BCUT2D eigenvalue weighted by Crippen LogP contribution is 2.72. The fourth-order valence-electron chi connectivity index (χ4n) is 5.32. The Kier molecular flexibility index (Phi) is 2.17. The third kappa shape index (κ3) is 1.50. The van der Waals surface area contributed by atoms with Crippen LogP contribution in [0.5, 0.6) is 0 Å². The van der Waals surface area contributed by atoms with Gasteiger partial charge in [0, 0.05) is 5.92 Å². The Morgan fingerprint density at radius 2 is 1.95 bits per heavy atom. The Balaban J connectivity index is 1.62. The maximum atomic E-state index is 11.2. The quantitative estimate of drug-likeness (QED) is 0.941. The molecule has 4 heteroatoms. The SMILES string of the molecule is O=C(O)Cn1c(C2C3C4CCC(C4)C23)nc2ccccc21. The number of hydrogen-bond donors (Lipinski definition) is 1. The third-order valence-corrected chi connectivity index (χ3v) is 6.01. The zero-order valence-corrected chi connectivity index (χ0v) is 11.8. The summed E-state index contributed by atoms with van der Waals surface area (Å²) >= 11 is 0. The number of carbonyl (C=O) groups is 1. The molecule has 1 aromatic carbocycles. The van der Waals surface area contributed by atoms with Crippen LogP contribution >= 0.6 is 0 Å². The van der Waals surface area contributed by atoms with E-state index in [1.807, 2.05) is 28.8 Å². The number of imidazole rings is 1. The number of fused-ring (bicyclic) bond motifs is 6. The van der Waals surface area contributed by atoms with Crippen LogP contribution < -0.4 is 0 Å². The number of aliphatic carboxylic acids is 1. The van der Waals surface area contributed by atoms with E-state index in [4.69, 9.17) is 4.98 Å². The highest BCUT2D eigenvalue weighted by Gasteiger charge is 2.66. The molecule has 0 saturated heterocycles. The van der Waals surface area contributed by atoms with Crippen LogP contribution in [0.1, 0.15) is 31.0 Å². The van der Waals surface area contributed by atoms with E-state index >= 15 is 0 Å². The molecule has 0 radical (unpaired) electrons. The number of carboxylic acids is 1. The van der Waals surface area contributed by atoms with Gasteiger partial charge in [0.1, 0.15) is 12.4 Å². The molecule has 4 nitrogen and oxygen atoms in total. The average molecular weight is 282 g/mol. The van der Waals surface area contributed by atoms with Gasteiger partial charge in [-0.05, 0) is 55.1 Å². The minimum atomic E-state index is -0.784. The standard InChI is InChI=1S/C17H18N2O2/c20-13(21)8-19-12-4-2-1-3-11(12)18-17(19)16-14-9-5-6-10(7-9)15(14)16/h1-4,9-10,14-16H,5-8H2,(H,20,21). The van der Waals surface area contributed by atoms with Gasteiger partial charge in [-0.25, -0.2) is 4.98 Å². The van der Waals surface area contributed by atoms with Crippen LogP contribution in [0.4, 0.5) is 0 Å². The summed E-state index contributed by atoms with van der Waals surface area (Å²) in [6.07, 6.45) is 4.16. The second-order valence-electron chi connectivity index (χ2n) is 6.95. The van der Waals surface area contributed by atoms with Gasteiger partial charge in [-0.3, -0.25) is 4.79 Å². The molecule has 3 aliphatic rings. The van der Waals surface area contributed by atoms with E-state index in [2.05, 4.69) is 0 Å². The lowest BCUT2D eigenvalue weighted by atomic mass is 10.0. The first-order valence-electron chi connectivity index (χ1n) is 7.91. The van der Waals surface area contributed by atoms with E-state index in [0.29, 0.717) is 5.92 Å². The minimum Gasteiger partial charge on any atom is -0.480 e. The van der Waals surface area contributed by atoms with Crippen molar-refractivity contribution in [1.82, 2.24) is 9.55 Å². The number of para-hydroxylation sites is 2. The van der Waals surface area contributed by atoms with Gasteiger partial charge in [-0.15, -0.1) is 0 Å². The fraction of sp³-hybridized carbons (Fsp3) is 0.529. The Morgan fingerprint density at radius 1 is 1.24 bits per heavy atom. The molecule has 5 rings (SSSR count). The number of benzene rings is 1. The molecule has 108 valence electrons. The van der Waals surface area contributed by atoms with E-state index in [0.717, 1.165) is 40.5 Å². The summed E-state index contributed by atoms with van der Waals surface area (Å²) in [7, 11) is 0. The maximum absolute atomic E-state index is 11.2. The van der Waals surface area contributed by atoms with Crippen molar-refractivity contribution >= 4 is 17.0 Å². The van der Waals surface area contributed by atoms with Crippen molar-refractivity contribution in [2.45, 2.75) is 31.7 Å². The molecule has 0 aliphatic heterocycles. The Morgan fingerprint density at radius 3 is 2.67 bits per heavy atom. The lowest BCUT2D eigenvalue weighted by molar-refractivity contribution is -0.137. The molecular weight excluding hydrogens is 264 g/mol. The van der Waals surface area contributed by atoms with E-state index in [9.17, 15) is 9.90 Å². The first-order valence-corrected chi connectivity index (χ1v) is 7.91. The van der Waals surface area contributed by atoms with Crippen LogP contribution in [-0.2, 0) is 11.3 Å². The molecule has 3 aliphatic carbocycles. The topological polar surface area (TPSA) is 55.1 Å². The number of rotatable bonds is 3. The number of aromatic nitrogens is 2. The van der Waals surface area contributed by atoms with Crippen molar-refractivity contribution in [2.75, 3.05) is 0 Å². The minimum absolute atomic E-state index is 0.0289. The molecule has 3 saturated carbocycles. The maximum Gasteiger partial charge on any atom is 0.323 e. The van der Waals surface area contributed by atoms with Crippen LogP contribution in [0.2, 0.25) is 0 Å². The van der Waals surface area contributed by atoms with Gasteiger partial charge in [-0.1, -0.05) is 12.1 Å². The van der Waals surface area contributed by atoms with Crippen molar-refractivity contribution in [3.05, 3.63) is 30.1 Å². The molecular formula is C17H18N2O2. The van der Waals surface area contributed by atoms with E-state index in [-0.39, 0.29) is 6.54 Å². The summed E-state index contributed by atoms with van der Waals surface area (Å²) in [6.45, 7) is 0.0289. The molecule has 21 heavy (non-hydrogen) atoms. The van der Waals surface area contributed by atoms with Crippen molar-refractivity contribution < 1.29 is 9.90 Å². The Bertz CT molecular complexity index is 734. The van der Waals surface area contributed by atoms with E-state index in [1.54, 1.807) is 0 Å². The predicted octanol–water partition coefficient (Wildman–Crippen LogP) is 2.88. The smallest absolute Gasteiger partial charge is 0.323 e. The summed E-state index contributed by atoms with van der Waals surface area (Å²) in [4.78, 5) is 16.1. The largest absolute Gasteiger partial charge is 0.480 e. The zero-order chi connectivity index (χ0) is 14.1. The number of hydrogen-bond acceptors (Lipinski definition) is 2. The molecule has 1 aromatic heterocycles. The Labute approximate surface area is 122 Å². The molecule has 1 heterocycles. The molecule has 0 spiro atoms. The molecule has 2 bridgehead atoms. The van der Waals surface area contributed by atoms with Crippen molar-refractivity contribution in [3.8, 4) is 0 Å². The normalized spacial score (nSPS) is 36.1. The zero-order valence-electron chi connectivity index (χ0n) is 11.8. The van der Waals surface area contributed by atoms with Crippen LogP contribution in [0.25, 0.3) is 11.0 Å². The van der Waals surface area contributed by atoms with Crippen LogP contribution in [0, 0.1) is 23.7 Å². The Hall–Kier alpha value is -1.84. The second-order valence-corrected chi connectivity index (χ2v) is 6.95. The molecule has 4 unspecified atom stereocenters. The van der Waals surface area contributed by atoms with Crippen molar-refractivity contribution in [1.29, 1.82) is 0 Å². The van der Waals surface area contributed by atoms with Crippen molar-refractivity contribution in [2.24, 2.45) is 23.7 Å². The van der Waals surface area contributed by atoms with Gasteiger partial charge >= 0.3 is 5.97 Å². The monoisotopic (exact) mass is 282 g/mol. The number of nitrogens with zero attached hydrogens (tertiary/aromatic N) is 2. The third-order valence-electron chi connectivity index (χ3n) is 6.01. The lowest BCUT2D eigenvalue weighted by Crippen LogP contribution is -2.13. The molecule has 2 aromatic rings. The van der Waals surface area contributed by atoms with Gasteiger partial charge in [0.05, 0.1) is 11.0 Å². The van der Waals surface area contributed by atoms with Crippen LogP contribution in [0.15, 0.2) is 24.3 Å². The highest BCUT2D eigenvalue weighted by atomic mass is 16.4. The second kappa shape index (κ2) is 3.87. The van der Waals surface area contributed by atoms with Crippen LogP contribution in [0.3, 0.4) is 0 Å². The van der Waals surface area contributed by atoms with Gasteiger partial charge < -0.3 is 9.67 Å². The highest BCUT2D eigenvalue weighted by molar-refractivity contribution is 5.78. The van der Waals surface area contributed by atoms with E-state index in [1.165, 1.54) is 19.3 Å². The van der Waals surface area contributed by atoms with Gasteiger partial charge in [-0.2, -0.15) is 0 Å². The van der Waals surface area contributed by atoms with Gasteiger partial charge in [0.15, 0.2) is 0 Å².